The van der Waals surface area contributed by atoms with Crippen molar-refractivity contribution in [3.8, 4) is 0 Å². The van der Waals surface area contributed by atoms with Crippen molar-refractivity contribution in [3.05, 3.63) is 58.3 Å². The highest BCUT2D eigenvalue weighted by atomic mass is 35.5. The summed E-state index contributed by atoms with van der Waals surface area (Å²) < 4.78 is 0. The lowest BCUT2D eigenvalue weighted by Gasteiger charge is -2.16. The van der Waals surface area contributed by atoms with Gasteiger partial charge in [-0.3, -0.25) is 4.79 Å². The lowest BCUT2D eigenvalue weighted by atomic mass is 9.95. The fraction of sp³-hybridized carbons (Fsp3) is 0.353. The maximum Gasteiger partial charge on any atom is 0.222 e. The van der Waals surface area contributed by atoms with E-state index in [9.17, 15) is 4.79 Å². The van der Waals surface area contributed by atoms with Gasteiger partial charge >= 0.3 is 0 Å². The molecule has 0 unspecified atom stereocenters. The SMILES string of the molecule is Cl.N[C@@H]1CN(C(=O)CCc2ccsc2)C[C@H]1c1ccccc1. The summed E-state index contributed by atoms with van der Waals surface area (Å²) >= 11 is 1.68. The van der Waals surface area contributed by atoms with Gasteiger partial charge in [0.05, 0.1) is 0 Å². The number of aryl methyl sites for hydroxylation is 1. The first-order valence-electron chi connectivity index (χ1n) is 7.33. The number of likely N-dealkylation sites (tertiary alicyclic amines) is 1. The van der Waals surface area contributed by atoms with Crippen molar-refractivity contribution in [2.45, 2.75) is 24.8 Å². The molecule has 1 amide bonds. The number of nitrogens with two attached hydrogens (primary N) is 1. The summed E-state index contributed by atoms with van der Waals surface area (Å²) in [6, 6.07) is 12.4. The van der Waals surface area contributed by atoms with Gasteiger partial charge < -0.3 is 10.6 Å². The van der Waals surface area contributed by atoms with Gasteiger partial charge in [-0.15, -0.1) is 12.4 Å². The number of amides is 1. The Labute approximate surface area is 141 Å². The number of carbonyl (C=O) groups excluding carboxylic acids is 1. The Morgan fingerprint density at radius 3 is 2.68 bits per heavy atom. The van der Waals surface area contributed by atoms with E-state index in [1.54, 1.807) is 11.3 Å². The predicted octanol–water partition coefficient (Wildman–Crippen LogP) is 3.06. The van der Waals surface area contributed by atoms with Crippen LogP contribution in [0.15, 0.2) is 47.2 Å². The van der Waals surface area contributed by atoms with E-state index in [0.717, 1.165) is 13.0 Å². The molecule has 1 fully saturated rings. The van der Waals surface area contributed by atoms with E-state index in [2.05, 4.69) is 29.0 Å². The lowest BCUT2D eigenvalue weighted by Crippen LogP contribution is -2.32. The van der Waals surface area contributed by atoms with Crippen LogP contribution in [-0.4, -0.2) is 29.9 Å². The Balaban J connectivity index is 0.00000176. The van der Waals surface area contributed by atoms with Crippen molar-refractivity contribution >= 4 is 29.7 Å². The lowest BCUT2D eigenvalue weighted by molar-refractivity contribution is -0.130. The van der Waals surface area contributed by atoms with Crippen LogP contribution in [0.5, 0.6) is 0 Å². The number of nitrogens with zero attached hydrogens (tertiary/aromatic N) is 1. The first-order chi connectivity index (χ1) is 10.2. The van der Waals surface area contributed by atoms with Crippen molar-refractivity contribution in [2.24, 2.45) is 5.73 Å². The smallest absolute Gasteiger partial charge is 0.222 e. The van der Waals surface area contributed by atoms with E-state index in [4.69, 9.17) is 5.73 Å². The Hall–Kier alpha value is -1.36. The van der Waals surface area contributed by atoms with Crippen LogP contribution in [0.3, 0.4) is 0 Å². The molecular formula is C17H21ClN2OS. The zero-order valence-electron chi connectivity index (χ0n) is 12.4. The Bertz CT molecular complexity index is 588. The zero-order chi connectivity index (χ0) is 14.7. The van der Waals surface area contributed by atoms with Crippen LogP contribution in [0, 0.1) is 0 Å². The third-order valence-corrected chi connectivity index (χ3v) is 4.89. The summed E-state index contributed by atoms with van der Waals surface area (Å²) in [5, 5.41) is 4.16. The Kier molecular flexibility index (Phi) is 6.00. The Morgan fingerprint density at radius 1 is 1.23 bits per heavy atom. The molecule has 1 aliphatic heterocycles. The largest absolute Gasteiger partial charge is 0.340 e. The summed E-state index contributed by atoms with van der Waals surface area (Å²) in [4.78, 5) is 14.3. The van der Waals surface area contributed by atoms with Gasteiger partial charge in [0, 0.05) is 31.5 Å². The topological polar surface area (TPSA) is 46.3 Å². The van der Waals surface area contributed by atoms with Crippen molar-refractivity contribution in [1.29, 1.82) is 0 Å². The van der Waals surface area contributed by atoms with Crippen LogP contribution in [0.2, 0.25) is 0 Å². The van der Waals surface area contributed by atoms with Crippen molar-refractivity contribution in [2.75, 3.05) is 13.1 Å². The minimum absolute atomic E-state index is 0. The third kappa shape index (κ3) is 3.88. The normalized spacial score (nSPS) is 20.7. The highest BCUT2D eigenvalue weighted by Crippen LogP contribution is 2.26. The molecule has 5 heteroatoms. The van der Waals surface area contributed by atoms with Gasteiger partial charge in [-0.25, -0.2) is 0 Å². The van der Waals surface area contributed by atoms with Gasteiger partial charge in [-0.1, -0.05) is 30.3 Å². The van der Waals surface area contributed by atoms with Crippen molar-refractivity contribution < 1.29 is 4.79 Å². The van der Waals surface area contributed by atoms with Gasteiger partial charge in [-0.05, 0) is 34.4 Å². The molecule has 2 aromatic rings. The fourth-order valence-electron chi connectivity index (χ4n) is 2.93. The van der Waals surface area contributed by atoms with Crippen LogP contribution in [0.25, 0.3) is 0 Å². The molecule has 118 valence electrons. The van der Waals surface area contributed by atoms with Gasteiger partial charge in [0.15, 0.2) is 0 Å². The quantitative estimate of drug-likeness (QED) is 0.932. The average molecular weight is 337 g/mol. The van der Waals surface area contributed by atoms with Crippen LogP contribution in [0.4, 0.5) is 0 Å². The minimum atomic E-state index is 0. The molecule has 22 heavy (non-hydrogen) atoms. The maximum absolute atomic E-state index is 12.3. The maximum atomic E-state index is 12.3. The highest BCUT2D eigenvalue weighted by Gasteiger charge is 2.33. The molecule has 1 aromatic heterocycles. The second-order valence-electron chi connectivity index (χ2n) is 5.61. The monoisotopic (exact) mass is 336 g/mol. The van der Waals surface area contributed by atoms with E-state index in [-0.39, 0.29) is 30.3 Å². The van der Waals surface area contributed by atoms with E-state index < -0.39 is 0 Å². The molecule has 0 aliphatic carbocycles. The van der Waals surface area contributed by atoms with E-state index in [1.165, 1.54) is 11.1 Å². The number of hydrogen-bond acceptors (Lipinski definition) is 3. The van der Waals surface area contributed by atoms with Crippen LogP contribution in [0.1, 0.15) is 23.5 Å². The summed E-state index contributed by atoms with van der Waals surface area (Å²) in [7, 11) is 0. The highest BCUT2D eigenvalue weighted by molar-refractivity contribution is 7.07. The van der Waals surface area contributed by atoms with Gasteiger partial charge in [-0.2, -0.15) is 11.3 Å². The molecule has 3 rings (SSSR count). The molecule has 0 bridgehead atoms. The number of benzene rings is 1. The second-order valence-corrected chi connectivity index (χ2v) is 6.39. The van der Waals surface area contributed by atoms with Gasteiger partial charge in [0.2, 0.25) is 5.91 Å². The van der Waals surface area contributed by atoms with E-state index >= 15 is 0 Å². The second kappa shape index (κ2) is 7.77. The zero-order valence-corrected chi connectivity index (χ0v) is 14.0. The number of hydrogen-bond donors (Lipinski definition) is 1. The summed E-state index contributed by atoms with van der Waals surface area (Å²) in [5.74, 6) is 0.478. The molecule has 2 heterocycles. The van der Waals surface area contributed by atoms with Crippen molar-refractivity contribution in [1.82, 2.24) is 4.90 Å². The summed E-state index contributed by atoms with van der Waals surface area (Å²) in [6.07, 6.45) is 1.40. The summed E-state index contributed by atoms with van der Waals surface area (Å²) in [6.45, 7) is 1.41. The first-order valence-corrected chi connectivity index (χ1v) is 8.27. The Morgan fingerprint density at radius 2 is 2.00 bits per heavy atom. The summed E-state index contributed by atoms with van der Waals surface area (Å²) in [5.41, 5.74) is 8.72. The number of rotatable bonds is 4. The molecule has 0 radical (unpaired) electrons. The standard InChI is InChI=1S/C17H20N2OS.ClH/c18-16-11-19(10-15(16)14-4-2-1-3-5-14)17(20)7-6-13-8-9-21-12-13;/h1-5,8-9,12,15-16H,6-7,10-11,18H2;1H/t15-,16+;/m0./s1. The molecule has 2 atom stereocenters. The fourth-order valence-corrected chi connectivity index (χ4v) is 3.63. The van der Waals surface area contributed by atoms with Crippen LogP contribution >= 0.6 is 23.7 Å². The van der Waals surface area contributed by atoms with Gasteiger partial charge in [0.25, 0.3) is 0 Å². The third-order valence-electron chi connectivity index (χ3n) is 4.15. The molecular weight excluding hydrogens is 316 g/mol. The predicted molar refractivity (Wildman–Crippen MR) is 93.6 cm³/mol. The number of carbonyl (C=O) groups is 1. The number of halogens is 1. The number of thiophene rings is 1. The molecule has 1 aromatic carbocycles. The molecule has 3 nitrogen and oxygen atoms in total. The minimum Gasteiger partial charge on any atom is -0.340 e. The van der Waals surface area contributed by atoms with E-state index in [0.29, 0.717) is 13.0 Å². The van der Waals surface area contributed by atoms with E-state index in [1.807, 2.05) is 23.1 Å². The molecule has 2 N–H and O–H groups in total. The molecule has 1 aliphatic rings. The molecule has 0 spiro atoms. The average Bonchev–Trinajstić information content (AvgIpc) is 3.15. The molecule has 0 saturated carbocycles. The van der Waals surface area contributed by atoms with Crippen LogP contribution < -0.4 is 5.73 Å². The van der Waals surface area contributed by atoms with Gasteiger partial charge in [0.1, 0.15) is 0 Å². The van der Waals surface area contributed by atoms with Crippen molar-refractivity contribution in [3.63, 3.8) is 0 Å². The first kappa shape index (κ1) is 17.0. The molecule has 1 saturated heterocycles. The van der Waals surface area contributed by atoms with Crippen LogP contribution in [-0.2, 0) is 11.2 Å².